The first kappa shape index (κ1) is 25.8. The molecular weight excluding hydrogens is 567 g/mol. The van der Waals surface area contributed by atoms with Crippen LogP contribution in [0.2, 0.25) is 0 Å². The molecule has 7 aromatic carbocycles. The van der Waals surface area contributed by atoms with E-state index in [0.29, 0.717) is 0 Å². The molecule has 2 aromatic heterocycles. The van der Waals surface area contributed by atoms with Crippen molar-refractivity contribution in [3.63, 3.8) is 0 Å². The van der Waals surface area contributed by atoms with E-state index in [2.05, 4.69) is 169 Å². The first-order valence-corrected chi connectivity index (χ1v) is 16.0. The van der Waals surface area contributed by atoms with Crippen LogP contribution < -0.4 is 4.90 Å². The molecule has 212 valence electrons. The summed E-state index contributed by atoms with van der Waals surface area (Å²) in [5.41, 5.74) is 9.55. The number of anilines is 3. The minimum absolute atomic E-state index is 0.872. The van der Waals surface area contributed by atoms with Crippen LogP contribution in [0.15, 0.2) is 168 Å². The van der Waals surface area contributed by atoms with Gasteiger partial charge in [0.15, 0.2) is 5.58 Å². The monoisotopic (exact) mass is 593 g/mol. The maximum absolute atomic E-state index is 6.91. The van der Waals surface area contributed by atoms with Gasteiger partial charge in [0.2, 0.25) is 0 Å². The third-order valence-electron chi connectivity index (χ3n) is 8.66. The lowest BCUT2D eigenvalue weighted by atomic mass is 10.0. The summed E-state index contributed by atoms with van der Waals surface area (Å²) >= 11 is 1.84. The Morgan fingerprint density at radius 2 is 1.02 bits per heavy atom. The summed E-state index contributed by atoms with van der Waals surface area (Å²) in [6.45, 7) is 0. The minimum Gasteiger partial charge on any atom is -0.453 e. The van der Waals surface area contributed by atoms with E-state index >= 15 is 0 Å². The van der Waals surface area contributed by atoms with E-state index in [1.54, 1.807) is 0 Å². The highest BCUT2D eigenvalue weighted by molar-refractivity contribution is 7.25. The van der Waals surface area contributed by atoms with Crippen LogP contribution in [0.1, 0.15) is 0 Å². The predicted molar refractivity (Wildman–Crippen MR) is 192 cm³/mol. The van der Waals surface area contributed by atoms with Gasteiger partial charge in [-0.25, -0.2) is 0 Å². The molecule has 45 heavy (non-hydrogen) atoms. The summed E-state index contributed by atoms with van der Waals surface area (Å²) in [6, 6.07) is 58.3. The quantitative estimate of drug-likeness (QED) is 0.197. The smallest absolute Gasteiger partial charge is 0.159 e. The van der Waals surface area contributed by atoms with E-state index in [0.717, 1.165) is 50.1 Å². The molecule has 0 spiro atoms. The molecular formula is C42H27NOS. The zero-order chi connectivity index (χ0) is 29.7. The molecule has 2 heterocycles. The van der Waals surface area contributed by atoms with Gasteiger partial charge in [0.05, 0.1) is 5.69 Å². The van der Waals surface area contributed by atoms with Gasteiger partial charge in [0.25, 0.3) is 0 Å². The summed E-state index contributed by atoms with van der Waals surface area (Å²) in [4.78, 5) is 2.35. The highest BCUT2D eigenvalue weighted by atomic mass is 32.1. The van der Waals surface area contributed by atoms with Crippen LogP contribution in [0.25, 0.3) is 64.4 Å². The second-order valence-corrected chi connectivity index (χ2v) is 12.4. The van der Waals surface area contributed by atoms with Crippen LogP contribution >= 0.6 is 11.3 Å². The van der Waals surface area contributed by atoms with Gasteiger partial charge < -0.3 is 9.32 Å². The lowest BCUT2D eigenvalue weighted by Crippen LogP contribution is -2.10. The van der Waals surface area contributed by atoms with Gasteiger partial charge >= 0.3 is 0 Å². The number of nitrogens with zero attached hydrogens (tertiary/aromatic N) is 1. The summed E-state index contributed by atoms with van der Waals surface area (Å²) < 4.78 is 9.50. The summed E-state index contributed by atoms with van der Waals surface area (Å²) in [7, 11) is 0. The first-order valence-electron chi connectivity index (χ1n) is 15.2. The maximum atomic E-state index is 6.91. The van der Waals surface area contributed by atoms with E-state index in [1.807, 2.05) is 11.3 Å². The van der Waals surface area contributed by atoms with Crippen molar-refractivity contribution >= 4 is 70.5 Å². The highest BCUT2D eigenvalue weighted by Gasteiger charge is 2.21. The van der Waals surface area contributed by atoms with Gasteiger partial charge in [-0.05, 0) is 59.2 Å². The molecule has 0 atom stereocenters. The van der Waals surface area contributed by atoms with Gasteiger partial charge in [0, 0.05) is 47.9 Å². The molecule has 0 fully saturated rings. The molecule has 0 N–H and O–H groups in total. The zero-order valence-corrected chi connectivity index (χ0v) is 25.2. The van der Waals surface area contributed by atoms with Gasteiger partial charge in [-0.15, -0.1) is 11.3 Å². The highest BCUT2D eigenvalue weighted by Crippen LogP contribution is 2.46. The van der Waals surface area contributed by atoms with Gasteiger partial charge in [0.1, 0.15) is 5.58 Å². The van der Waals surface area contributed by atoms with Crippen LogP contribution in [0.4, 0.5) is 17.1 Å². The van der Waals surface area contributed by atoms with E-state index in [1.165, 1.54) is 31.3 Å². The third kappa shape index (κ3) is 4.32. The molecule has 0 bridgehead atoms. The van der Waals surface area contributed by atoms with Crippen molar-refractivity contribution < 1.29 is 4.42 Å². The fourth-order valence-corrected chi connectivity index (χ4v) is 7.65. The SMILES string of the molecule is c1ccc(-c2cccc(N(c3ccc4sc5ccccc5c4c3)c3cccc4c3oc3c(-c5ccccc5)cccc34)c2)cc1. The number of rotatable bonds is 5. The molecule has 0 aliphatic carbocycles. The fourth-order valence-electron chi connectivity index (χ4n) is 6.56. The Labute approximate surface area is 265 Å². The first-order chi connectivity index (χ1) is 22.3. The fraction of sp³-hybridized carbons (Fsp3) is 0. The normalized spacial score (nSPS) is 11.6. The summed E-state index contributed by atoms with van der Waals surface area (Å²) in [6.07, 6.45) is 0. The maximum Gasteiger partial charge on any atom is 0.159 e. The molecule has 0 saturated heterocycles. The summed E-state index contributed by atoms with van der Waals surface area (Å²) in [5, 5.41) is 4.77. The Morgan fingerprint density at radius 1 is 0.400 bits per heavy atom. The van der Waals surface area contributed by atoms with Crippen molar-refractivity contribution in [1.82, 2.24) is 0 Å². The standard InChI is InChI=1S/C42H27NOS/c1-3-12-28(13-4-1)30-16-9-17-31(26-30)43(32-24-25-40-37(27-32)34-18-7-8-23-39(34)45-40)38-22-11-21-36-35-20-10-19-33(41(35)44-42(36)38)29-14-5-2-6-15-29/h1-27H. The van der Waals surface area contributed by atoms with Crippen LogP contribution in [0, 0.1) is 0 Å². The van der Waals surface area contributed by atoms with Crippen molar-refractivity contribution in [3.8, 4) is 22.3 Å². The lowest BCUT2D eigenvalue weighted by molar-refractivity contribution is 0.670. The molecule has 3 heteroatoms. The van der Waals surface area contributed by atoms with Crippen LogP contribution in [-0.4, -0.2) is 0 Å². The molecule has 9 aromatic rings. The molecule has 0 saturated carbocycles. The molecule has 9 rings (SSSR count). The van der Waals surface area contributed by atoms with E-state index in [4.69, 9.17) is 4.42 Å². The number of para-hydroxylation sites is 2. The molecule has 0 unspecified atom stereocenters. The average Bonchev–Trinajstić information content (AvgIpc) is 3.68. The van der Waals surface area contributed by atoms with Crippen molar-refractivity contribution in [2.24, 2.45) is 0 Å². The zero-order valence-electron chi connectivity index (χ0n) is 24.4. The number of thiophene rings is 1. The Balaban J connectivity index is 1.31. The number of furan rings is 1. The van der Waals surface area contributed by atoms with E-state index in [9.17, 15) is 0 Å². The van der Waals surface area contributed by atoms with Crippen LogP contribution in [-0.2, 0) is 0 Å². The number of fused-ring (bicyclic) bond motifs is 6. The predicted octanol–water partition coefficient (Wildman–Crippen LogP) is 12.8. The van der Waals surface area contributed by atoms with E-state index < -0.39 is 0 Å². The topological polar surface area (TPSA) is 16.4 Å². The molecule has 2 nitrogen and oxygen atoms in total. The van der Waals surface area contributed by atoms with Crippen molar-refractivity contribution in [3.05, 3.63) is 164 Å². The second-order valence-electron chi connectivity index (χ2n) is 11.3. The Kier molecular flexibility index (Phi) is 6.03. The molecule has 0 aliphatic rings. The summed E-state index contributed by atoms with van der Waals surface area (Å²) in [5.74, 6) is 0. The third-order valence-corrected chi connectivity index (χ3v) is 9.81. The van der Waals surface area contributed by atoms with Gasteiger partial charge in [-0.3, -0.25) is 0 Å². The Morgan fingerprint density at radius 3 is 1.87 bits per heavy atom. The van der Waals surface area contributed by atoms with E-state index in [-0.39, 0.29) is 0 Å². The van der Waals surface area contributed by atoms with Gasteiger partial charge in [-0.1, -0.05) is 121 Å². The van der Waals surface area contributed by atoms with Crippen LogP contribution in [0.3, 0.4) is 0 Å². The Hall–Kier alpha value is -5.64. The largest absolute Gasteiger partial charge is 0.453 e. The molecule has 0 radical (unpaired) electrons. The van der Waals surface area contributed by atoms with Crippen LogP contribution in [0.5, 0.6) is 0 Å². The second kappa shape index (κ2) is 10.5. The lowest BCUT2D eigenvalue weighted by Gasteiger charge is -2.26. The average molecular weight is 594 g/mol. The molecule has 0 aliphatic heterocycles. The minimum atomic E-state index is 0.872. The van der Waals surface area contributed by atoms with Crippen molar-refractivity contribution in [2.45, 2.75) is 0 Å². The Bertz CT molecular complexity index is 2490. The number of hydrogen-bond acceptors (Lipinski definition) is 3. The van der Waals surface area contributed by atoms with Crippen molar-refractivity contribution in [1.29, 1.82) is 0 Å². The molecule has 0 amide bonds. The number of benzene rings is 7. The van der Waals surface area contributed by atoms with Gasteiger partial charge in [-0.2, -0.15) is 0 Å². The number of hydrogen-bond donors (Lipinski definition) is 0. The van der Waals surface area contributed by atoms with Crippen molar-refractivity contribution in [2.75, 3.05) is 4.90 Å².